The molecule has 2 fully saturated rings. The first-order chi connectivity index (χ1) is 13.9. The fourth-order valence-corrected chi connectivity index (χ4v) is 4.47. The Labute approximate surface area is 168 Å². The van der Waals surface area contributed by atoms with Crippen LogP contribution in [-0.2, 0) is 19.1 Å². The molecule has 0 aromatic heterocycles. The molecule has 2 aliphatic rings. The molecule has 0 saturated carbocycles. The van der Waals surface area contributed by atoms with Crippen LogP contribution in [0, 0.1) is 11.8 Å². The second kappa shape index (κ2) is 7.00. The standard InChI is InChI=1S/C22H22N2O5/c1-22(21(27)29-3)17-16(18(23-22)13-9-11-15(28-2)12-10-13)19(25)24(20(17)26)14-7-5-4-6-8-14/h4-12,16-18,23H,1-3H3/t16-,17-,18-,22-/m1/s1. The highest BCUT2D eigenvalue weighted by Crippen LogP contribution is 2.50. The van der Waals surface area contributed by atoms with E-state index >= 15 is 0 Å². The Kier molecular flexibility index (Phi) is 4.62. The van der Waals surface area contributed by atoms with Gasteiger partial charge in [-0.2, -0.15) is 0 Å². The number of hydrogen-bond donors (Lipinski definition) is 1. The van der Waals surface area contributed by atoms with Crippen LogP contribution in [0.4, 0.5) is 5.69 Å². The van der Waals surface area contributed by atoms with E-state index in [9.17, 15) is 14.4 Å². The molecule has 2 amide bonds. The predicted octanol–water partition coefficient (Wildman–Crippen LogP) is 2.08. The van der Waals surface area contributed by atoms with Crippen molar-refractivity contribution in [2.45, 2.75) is 18.5 Å². The second-order valence-electron chi connectivity index (χ2n) is 7.44. The Morgan fingerprint density at radius 1 is 1.00 bits per heavy atom. The summed E-state index contributed by atoms with van der Waals surface area (Å²) in [6, 6.07) is 15.5. The Hall–Kier alpha value is -3.19. The second-order valence-corrected chi connectivity index (χ2v) is 7.44. The number of methoxy groups -OCH3 is 2. The monoisotopic (exact) mass is 394 g/mol. The van der Waals surface area contributed by atoms with Crippen LogP contribution in [-0.4, -0.2) is 37.5 Å². The molecule has 2 saturated heterocycles. The van der Waals surface area contributed by atoms with Gasteiger partial charge < -0.3 is 9.47 Å². The van der Waals surface area contributed by atoms with E-state index in [1.807, 2.05) is 18.2 Å². The van der Waals surface area contributed by atoms with Gasteiger partial charge in [-0.05, 0) is 36.8 Å². The maximum Gasteiger partial charge on any atom is 0.326 e. The normalized spacial score (nSPS) is 28.4. The van der Waals surface area contributed by atoms with Crippen LogP contribution in [0.1, 0.15) is 18.5 Å². The maximum atomic E-state index is 13.4. The largest absolute Gasteiger partial charge is 0.497 e. The van der Waals surface area contributed by atoms with Crippen molar-refractivity contribution < 1.29 is 23.9 Å². The zero-order valence-corrected chi connectivity index (χ0v) is 16.4. The lowest BCUT2D eigenvalue weighted by atomic mass is 9.80. The van der Waals surface area contributed by atoms with Crippen LogP contribution in [0.15, 0.2) is 54.6 Å². The van der Waals surface area contributed by atoms with Crippen molar-refractivity contribution >= 4 is 23.5 Å². The van der Waals surface area contributed by atoms with Crippen molar-refractivity contribution in [2.24, 2.45) is 11.8 Å². The number of hydrogen-bond acceptors (Lipinski definition) is 6. The minimum atomic E-state index is -1.32. The van der Waals surface area contributed by atoms with Gasteiger partial charge >= 0.3 is 5.97 Å². The van der Waals surface area contributed by atoms with Crippen molar-refractivity contribution in [2.75, 3.05) is 19.1 Å². The fraction of sp³-hybridized carbons (Fsp3) is 0.318. The number of nitrogens with zero attached hydrogens (tertiary/aromatic N) is 1. The lowest BCUT2D eigenvalue weighted by molar-refractivity contribution is -0.151. The minimum absolute atomic E-state index is 0.327. The lowest BCUT2D eigenvalue weighted by Crippen LogP contribution is -2.54. The summed E-state index contributed by atoms with van der Waals surface area (Å²) in [7, 11) is 2.85. The van der Waals surface area contributed by atoms with Gasteiger partial charge in [0.1, 0.15) is 11.3 Å². The predicted molar refractivity (Wildman–Crippen MR) is 105 cm³/mol. The summed E-state index contributed by atoms with van der Waals surface area (Å²) >= 11 is 0. The Balaban J connectivity index is 1.80. The highest BCUT2D eigenvalue weighted by atomic mass is 16.5. The molecule has 29 heavy (non-hydrogen) atoms. The molecule has 4 rings (SSSR count). The zero-order valence-electron chi connectivity index (χ0n) is 16.4. The van der Waals surface area contributed by atoms with Crippen LogP contribution in [0.5, 0.6) is 5.75 Å². The number of carbonyl (C=O) groups excluding carboxylic acids is 3. The van der Waals surface area contributed by atoms with Gasteiger partial charge in [0.25, 0.3) is 0 Å². The van der Waals surface area contributed by atoms with E-state index in [1.54, 1.807) is 50.4 Å². The van der Waals surface area contributed by atoms with Crippen LogP contribution < -0.4 is 15.0 Å². The van der Waals surface area contributed by atoms with Crippen LogP contribution >= 0.6 is 0 Å². The number of benzene rings is 2. The van der Waals surface area contributed by atoms with Crippen molar-refractivity contribution in [3.05, 3.63) is 60.2 Å². The van der Waals surface area contributed by atoms with E-state index in [1.165, 1.54) is 12.0 Å². The fourth-order valence-electron chi connectivity index (χ4n) is 4.47. The molecule has 0 unspecified atom stereocenters. The molecule has 0 radical (unpaired) electrons. The number of nitrogens with one attached hydrogen (secondary N) is 1. The molecule has 0 bridgehead atoms. The summed E-state index contributed by atoms with van der Waals surface area (Å²) < 4.78 is 10.2. The summed E-state index contributed by atoms with van der Waals surface area (Å²) in [5.41, 5.74) is -0.0256. The summed E-state index contributed by atoms with van der Waals surface area (Å²) in [5, 5.41) is 3.22. The van der Waals surface area contributed by atoms with Crippen molar-refractivity contribution in [1.29, 1.82) is 0 Å². The molecule has 0 aliphatic carbocycles. The van der Waals surface area contributed by atoms with Crippen LogP contribution in [0.25, 0.3) is 0 Å². The first kappa shape index (κ1) is 19.1. The number of anilines is 1. The van der Waals surface area contributed by atoms with Gasteiger partial charge in [-0.15, -0.1) is 0 Å². The molecule has 7 nitrogen and oxygen atoms in total. The molecular formula is C22H22N2O5. The Morgan fingerprint density at radius 2 is 1.66 bits per heavy atom. The SMILES string of the molecule is COC(=O)[C@]1(C)N[C@H](c2ccc(OC)cc2)[C@@H]2C(=O)N(c3ccccc3)C(=O)[C@@H]21. The number of amides is 2. The van der Waals surface area contributed by atoms with Gasteiger partial charge in [0, 0.05) is 6.04 Å². The maximum absolute atomic E-state index is 13.4. The van der Waals surface area contributed by atoms with Gasteiger partial charge in [0.2, 0.25) is 11.8 Å². The number of esters is 1. The van der Waals surface area contributed by atoms with Crippen LogP contribution in [0.2, 0.25) is 0 Å². The van der Waals surface area contributed by atoms with E-state index in [0.717, 1.165) is 5.56 Å². The zero-order chi connectivity index (χ0) is 20.8. The van der Waals surface area contributed by atoms with Gasteiger partial charge in [-0.25, -0.2) is 4.90 Å². The van der Waals surface area contributed by atoms with Crippen molar-refractivity contribution in [3.63, 3.8) is 0 Å². The van der Waals surface area contributed by atoms with E-state index in [0.29, 0.717) is 11.4 Å². The highest BCUT2D eigenvalue weighted by Gasteiger charge is 2.67. The first-order valence-electron chi connectivity index (χ1n) is 9.35. The molecule has 1 N–H and O–H groups in total. The Morgan fingerprint density at radius 3 is 2.24 bits per heavy atom. The smallest absolute Gasteiger partial charge is 0.326 e. The molecular weight excluding hydrogens is 372 g/mol. The average Bonchev–Trinajstić information content (AvgIpc) is 3.22. The Bertz CT molecular complexity index is 959. The molecule has 2 aromatic rings. The average molecular weight is 394 g/mol. The number of rotatable bonds is 4. The van der Waals surface area contributed by atoms with Crippen molar-refractivity contribution in [3.8, 4) is 5.75 Å². The van der Waals surface area contributed by atoms with Crippen molar-refractivity contribution in [1.82, 2.24) is 5.32 Å². The van der Waals surface area contributed by atoms with E-state index in [4.69, 9.17) is 9.47 Å². The van der Waals surface area contributed by atoms with E-state index in [-0.39, 0.29) is 5.91 Å². The first-order valence-corrected chi connectivity index (χ1v) is 9.35. The molecule has 150 valence electrons. The molecule has 4 atom stereocenters. The molecule has 2 aromatic carbocycles. The molecule has 7 heteroatoms. The highest BCUT2D eigenvalue weighted by molar-refractivity contribution is 6.24. The summed E-state index contributed by atoms with van der Waals surface area (Å²) in [5.74, 6) is -2.21. The molecule has 2 heterocycles. The summed E-state index contributed by atoms with van der Waals surface area (Å²) in [6.45, 7) is 1.62. The number of imide groups is 1. The third kappa shape index (κ3) is 2.81. The third-order valence-electron chi connectivity index (χ3n) is 5.89. The van der Waals surface area contributed by atoms with Crippen LogP contribution in [0.3, 0.4) is 0 Å². The summed E-state index contributed by atoms with van der Waals surface area (Å²) in [4.78, 5) is 40.6. The van der Waals surface area contributed by atoms with E-state index in [2.05, 4.69) is 5.32 Å². The molecule has 2 aliphatic heterocycles. The number of ether oxygens (including phenoxy) is 2. The quantitative estimate of drug-likeness (QED) is 0.631. The third-order valence-corrected chi connectivity index (χ3v) is 5.89. The van der Waals surface area contributed by atoms with Gasteiger partial charge in [0.05, 0.1) is 31.7 Å². The van der Waals surface area contributed by atoms with Gasteiger partial charge in [-0.1, -0.05) is 30.3 Å². The van der Waals surface area contributed by atoms with E-state index < -0.39 is 35.3 Å². The van der Waals surface area contributed by atoms with Gasteiger partial charge in [-0.3, -0.25) is 19.7 Å². The lowest BCUT2D eigenvalue weighted by Gasteiger charge is -2.28. The minimum Gasteiger partial charge on any atom is -0.497 e. The topological polar surface area (TPSA) is 84.9 Å². The number of carbonyl (C=O) groups is 3. The number of para-hydroxylation sites is 1. The van der Waals surface area contributed by atoms with Gasteiger partial charge in [0.15, 0.2) is 0 Å². The number of fused-ring (bicyclic) bond motifs is 1. The summed E-state index contributed by atoms with van der Waals surface area (Å²) in [6.07, 6.45) is 0. The molecule has 0 spiro atoms.